The Labute approximate surface area is 272 Å². The molecule has 0 aliphatic heterocycles. The van der Waals surface area contributed by atoms with Crippen molar-refractivity contribution in [2.45, 2.75) is 13.8 Å². The maximum atomic E-state index is 4.21. The van der Waals surface area contributed by atoms with Crippen LogP contribution in [0.5, 0.6) is 0 Å². The van der Waals surface area contributed by atoms with Crippen LogP contribution in [0.15, 0.2) is 194 Å². The first-order chi connectivity index (χ1) is 22.7. The van der Waals surface area contributed by atoms with Gasteiger partial charge in [-0.3, -0.25) is 0 Å². The van der Waals surface area contributed by atoms with Gasteiger partial charge in [0, 0.05) is 33.5 Å². The molecule has 0 heterocycles. The molecule has 2 heteroatoms. The van der Waals surface area contributed by atoms with Crippen LogP contribution in [-0.2, 0) is 0 Å². The Balaban J connectivity index is 1.74. The van der Waals surface area contributed by atoms with E-state index in [9.17, 15) is 0 Å². The van der Waals surface area contributed by atoms with Crippen molar-refractivity contribution in [3.63, 3.8) is 0 Å². The highest BCUT2D eigenvalue weighted by Crippen LogP contribution is 2.46. The molecule has 0 aromatic heterocycles. The van der Waals surface area contributed by atoms with E-state index in [1.807, 2.05) is 50.3 Å². The van der Waals surface area contributed by atoms with Crippen LogP contribution in [0, 0.1) is 0 Å². The molecule has 0 atom stereocenters. The molecule has 6 aromatic carbocycles. The standard InChI is InChI=1S/C44H38N2/c1-5-9-21-33(7-3)45(34(8-4)22-10-6-2)43-31-41-38-28-18-20-30-40(38)44(32-42(41)37-27-17-19-29-39(37)43)46(35-23-13-11-14-24-35)36-25-15-12-16-26-36/h5-32H,3-4H2,1-2H3. The van der Waals surface area contributed by atoms with Crippen molar-refractivity contribution in [1.29, 1.82) is 0 Å². The number of fused-ring (bicyclic) bond motifs is 5. The smallest absolute Gasteiger partial charge is 0.0546 e. The predicted molar refractivity (Wildman–Crippen MR) is 202 cm³/mol. The number of para-hydroxylation sites is 2. The van der Waals surface area contributed by atoms with Gasteiger partial charge in [-0.25, -0.2) is 0 Å². The van der Waals surface area contributed by atoms with Gasteiger partial charge >= 0.3 is 0 Å². The van der Waals surface area contributed by atoms with E-state index in [0.717, 1.165) is 39.5 Å². The van der Waals surface area contributed by atoms with Crippen LogP contribution >= 0.6 is 0 Å². The molecular formula is C44H38N2. The van der Waals surface area contributed by atoms with Crippen molar-refractivity contribution in [2.75, 3.05) is 9.80 Å². The number of rotatable bonds is 10. The van der Waals surface area contributed by atoms with Crippen molar-refractivity contribution >= 4 is 55.1 Å². The van der Waals surface area contributed by atoms with Crippen molar-refractivity contribution in [3.8, 4) is 0 Å². The minimum Gasteiger partial charge on any atom is -0.310 e. The molecule has 224 valence electrons. The van der Waals surface area contributed by atoms with E-state index in [1.54, 1.807) is 0 Å². The van der Waals surface area contributed by atoms with Gasteiger partial charge in [0.15, 0.2) is 0 Å². The minimum absolute atomic E-state index is 0.957. The summed E-state index contributed by atoms with van der Waals surface area (Å²) >= 11 is 0. The second-order valence-corrected chi connectivity index (χ2v) is 11.0. The van der Waals surface area contributed by atoms with E-state index in [-0.39, 0.29) is 0 Å². The fourth-order valence-electron chi connectivity index (χ4n) is 6.15. The lowest BCUT2D eigenvalue weighted by Crippen LogP contribution is -2.20. The molecule has 0 saturated heterocycles. The van der Waals surface area contributed by atoms with E-state index in [4.69, 9.17) is 0 Å². The van der Waals surface area contributed by atoms with Crippen LogP contribution in [0.1, 0.15) is 13.8 Å². The lowest BCUT2D eigenvalue weighted by atomic mass is 9.93. The SMILES string of the molecule is C=CC(=CC=CC)N(C(C=C)=CC=CC)c1cc2c3ccccc3c(N(c3ccccc3)c3ccccc3)cc2c2ccccc12. The molecule has 0 saturated carbocycles. The summed E-state index contributed by atoms with van der Waals surface area (Å²) in [4.78, 5) is 4.62. The van der Waals surface area contributed by atoms with Crippen LogP contribution < -0.4 is 9.80 Å². The molecule has 2 nitrogen and oxygen atoms in total. The van der Waals surface area contributed by atoms with Crippen LogP contribution in [0.4, 0.5) is 22.7 Å². The van der Waals surface area contributed by atoms with E-state index in [2.05, 4.69) is 156 Å². The third-order valence-electron chi connectivity index (χ3n) is 8.20. The molecule has 6 rings (SSSR count). The Morgan fingerprint density at radius 1 is 0.478 bits per heavy atom. The number of anilines is 4. The molecule has 0 amide bonds. The van der Waals surface area contributed by atoms with Gasteiger partial charge in [0.05, 0.1) is 11.4 Å². The Morgan fingerprint density at radius 3 is 1.30 bits per heavy atom. The maximum Gasteiger partial charge on any atom is 0.0546 e. The van der Waals surface area contributed by atoms with Crippen molar-refractivity contribution in [2.24, 2.45) is 0 Å². The second-order valence-electron chi connectivity index (χ2n) is 11.0. The molecule has 0 fully saturated rings. The van der Waals surface area contributed by atoms with Gasteiger partial charge in [-0.2, -0.15) is 0 Å². The van der Waals surface area contributed by atoms with Crippen molar-refractivity contribution in [1.82, 2.24) is 0 Å². The molecule has 0 spiro atoms. The lowest BCUT2D eigenvalue weighted by Gasteiger charge is -2.30. The zero-order valence-corrected chi connectivity index (χ0v) is 26.5. The summed E-state index contributed by atoms with van der Waals surface area (Å²) in [5, 5.41) is 7.06. The Morgan fingerprint density at radius 2 is 0.870 bits per heavy atom. The molecule has 0 unspecified atom stereocenters. The topological polar surface area (TPSA) is 6.48 Å². The number of hydrogen-bond donors (Lipinski definition) is 0. The molecule has 0 radical (unpaired) electrons. The monoisotopic (exact) mass is 594 g/mol. The quantitative estimate of drug-likeness (QED) is 0.115. The zero-order chi connectivity index (χ0) is 31.9. The van der Waals surface area contributed by atoms with Crippen LogP contribution in [0.2, 0.25) is 0 Å². The summed E-state index contributed by atoms with van der Waals surface area (Å²) in [6.45, 7) is 12.5. The van der Waals surface area contributed by atoms with E-state index in [1.165, 1.54) is 26.9 Å². The highest BCUT2D eigenvalue weighted by Gasteiger charge is 2.21. The van der Waals surface area contributed by atoms with Crippen LogP contribution in [0.3, 0.4) is 0 Å². The summed E-state index contributed by atoms with van der Waals surface area (Å²) in [6.07, 6.45) is 16.2. The third-order valence-corrected chi connectivity index (χ3v) is 8.20. The molecule has 0 N–H and O–H groups in total. The summed E-state index contributed by atoms with van der Waals surface area (Å²) in [7, 11) is 0. The average Bonchev–Trinajstić information content (AvgIpc) is 3.12. The predicted octanol–water partition coefficient (Wildman–Crippen LogP) is 12.7. The van der Waals surface area contributed by atoms with Gasteiger partial charge in [0.2, 0.25) is 0 Å². The molecule has 46 heavy (non-hydrogen) atoms. The summed E-state index contributed by atoms with van der Waals surface area (Å²) in [6, 6.07) is 43.4. The van der Waals surface area contributed by atoms with Gasteiger partial charge in [0.1, 0.15) is 0 Å². The highest BCUT2D eigenvalue weighted by molar-refractivity contribution is 6.24. The summed E-state index contributed by atoms with van der Waals surface area (Å²) < 4.78 is 0. The first-order valence-electron chi connectivity index (χ1n) is 15.7. The third kappa shape index (κ3) is 5.69. The lowest BCUT2D eigenvalue weighted by molar-refractivity contribution is 1.16. The highest BCUT2D eigenvalue weighted by atomic mass is 15.2. The molecule has 0 bridgehead atoms. The second kappa shape index (κ2) is 13.8. The van der Waals surface area contributed by atoms with E-state index in [0.29, 0.717) is 0 Å². The Bertz CT molecular complexity index is 2070. The Kier molecular flexibility index (Phi) is 9.08. The normalized spacial score (nSPS) is 12.4. The van der Waals surface area contributed by atoms with Gasteiger partial charge in [0.25, 0.3) is 0 Å². The van der Waals surface area contributed by atoms with E-state index >= 15 is 0 Å². The van der Waals surface area contributed by atoms with Crippen molar-refractivity contribution < 1.29 is 0 Å². The first kappa shape index (κ1) is 30.2. The number of benzene rings is 6. The van der Waals surface area contributed by atoms with E-state index < -0.39 is 0 Å². The summed E-state index contributed by atoms with van der Waals surface area (Å²) in [5.41, 5.74) is 6.33. The minimum atomic E-state index is 0.957. The number of allylic oxidation sites excluding steroid dienone is 8. The fourth-order valence-corrected chi connectivity index (χ4v) is 6.15. The Hall–Kier alpha value is -5.86. The number of nitrogens with zero attached hydrogens (tertiary/aromatic N) is 2. The summed E-state index contributed by atoms with van der Waals surface area (Å²) in [5.74, 6) is 0. The van der Waals surface area contributed by atoms with Crippen LogP contribution in [-0.4, -0.2) is 0 Å². The molecule has 0 aliphatic rings. The van der Waals surface area contributed by atoms with Gasteiger partial charge in [-0.15, -0.1) is 0 Å². The van der Waals surface area contributed by atoms with Crippen molar-refractivity contribution in [3.05, 3.63) is 194 Å². The molecule has 6 aromatic rings. The molecular weight excluding hydrogens is 556 g/mol. The maximum absolute atomic E-state index is 4.21. The molecule has 0 aliphatic carbocycles. The zero-order valence-electron chi connectivity index (χ0n) is 26.5. The fraction of sp³-hybridized carbons (Fsp3) is 0.0455. The van der Waals surface area contributed by atoms with Gasteiger partial charge < -0.3 is 9.80 Å². The van der Waals surface area contributed by atoms with Gasteiger partial charge in [-0.1, -0.05) is 122 Å². The van der Waals surface area contributed by atoms with Gasteiger partial charge in [-0.05, 0) is 96.1 Å². The first-order valence-corrected chi connectivity index (χ1v) is 15.7. The average molecular weight is 595 g/mol. The van der Waals surface area contributed by atoms with Crippen LogP contribution in [0.25, 0.3) is 32.3 Å². The number of hydrogen-bond acceptors (Lipinski definition) is 2. The largest absolute Gasteiger partial charge is 0.310 e.